The Balaban J connectivity index is 1.57. The number of ether oxygens (including phenoxy) is 1. The zero-order valence-electron chi connectivity index (χ0n) is 15.3. The van der Waals surface area contributed by atoms with E-state index >= 15 is 0 Å². The van der Waals surface area contributed by atoms with Crippen LogP contribution in [-0.4, -0.2) is 38.1 Å². The van der Waals surface area contributed by atoms with E-state index in [0.717, 1.165) is 17.9 Å². The van der Waals surface area contributed by atoms with Gasteiger partial charge < -0.3 is 9.84 Å². The van der Waals surface area contributed by atoms with Gasteiger partial charge in [-0.25, -0.2) is 9.48 Å². The van der Waals surface area contributed by atoms with Crippen molar-refractivity contribution in [3.63, 3.8) is 0 Å². The first kappa shape index (κ1) is 18.5. The fraction of sp³-hybridized carbons (Fsp3) is 0.250. The third-order valence-electron chi connectivity index (χ3n) is 4.86. The predicted molar refractivity (Wildman–Crippen MR) is 103 cm³/mol. The number of fused-ring (bicyclic) bond motifs is 1. The van der Waals surface area contributed by atoms with Gasteiger partial charge in [-0.3, -0.25) is 4.90 Å². The van der Waals surface area contributed by atoms with Crippen LogP contribution in [0, 0.1) is 0 Å². The van der Waals surface area contributed by atoms with Crippen LogP contribution in [0.4, 0.5) is 0 Å². The maximum absolute atomic E-state index is 11.6. The quantitative estimate of drug-likeness (QED) is 0.686. The maximum Gasteiger partial charge on any atom is 0.358 e. The molecule has 0 atom stereocenters. The number of rotatable bonds is 6. The van der Waals surface area contributed by atoms with Gasteiger partial charge in [0.15, 0.2) is 5.69 Å². The number of hydrogen-bond acceptors (Lipinski definition) is 5. The van der Waals surface area contributed by atoms with Crippen molar-refractivity contribution < 1.29 is 14.6 Å². The highest BCUT2D eigenvalue weighted by atomic mass is 35.5. The van der Waals surface area contributed by atoms with Crippen molar-refractivity contribution in [3.05, 3.63) is 75.6 Å². The van der Waals surface area contributed by atoms with E-state index in [4.69, 9.17) is 16.3 Å². The van der Waals surface area contributed by atoms with Crippen LogP contribution in [0.15, 0.2) is 42.5 Å². The third kappa shape index (κ3) is 3.72. The lowest BCUT2D eigenvalue weighted by molar-refractivity contribution is 0.0687. The van der Waals surface area contributed by atoms with Crippen LogP contribution in [-0.2, 0) is 26.2 Å². The average molecular weight is 399 g/mol. The third-order valence-corrected chi connectivity index (χ3v) is 5.10. The Morgan fingerprint density at radius 3 is 2.61 bits per heavy atom. The second-order valence-corrected chi connectivity index (χ2v) is 7.19. The number of benzene rings is 2. The van der Waals surface area contributed by atoms with Gasteiger partial charge in [0.05, 0.1) is 19.3 Å². The lowest BCUT2D eigenvalue weighted by Gasteiger charge is -2.16. The smallest absolute Gasteiger partial charge is 0.358 e. The van der Waals surface area contributed by atoms with Gasteiger partial charge in [-0.05, 0) is 41.0 Å². The summed E-state index contributed by atoms with van der Waals surface area (Å²) in [5.41, 5.74) is 3.93. The summed E-state index contributed by atoms with van der Waals surface area (Å²) in [6.45, 7) is 2.32. The summed E-state index contributed by atoms with van der Waals surface area (Å²) in [5.74, 6) is -0.307. The highest BCUT2D eigenvalue weighted by molar-refractivity contribution is 6.30. The van der Waals surface area contributed by atoms with Gasteiger partial charge in [-0.1, -0.05) is 35.0 Å². The number of carboxylic acids is 1. The standard InChI is InChI=1S/C20H19ClN4O3/c1-28-17-6-2-13(3-7-17)9-25-18(19(20(26)27)22-23-25)12-24-10-14-4-5-16(21)8-15(14)11-24/h2-8H,9-12H2,1H3,(H,26,27). The Morgan fingerprint density at radius 2 is 1.89 bits per heavy atom. The van der Waals surface area contributed by atoms with Gasteiger partial charge >= 0.3 is 5.97 Å². The number of halogens is 1. The molecular weight excluding hydrogens is 380 g/mol. The summed E-state index contributed by atoms with van der Waals surface area (Å²) in [7, 11) is 1.62. The number of aromatic carboxylic acids is 1. The van der Waals surface area contributed by atoms with Crippen LogP contribution in [0.3, 0.4) is 0 Å². The summed E-state index contributed by atoms with van der Waals surface area (Å²) in [5, 5.41) is 18.2. The number of nitrogens with zero attached hydrogens (tertiary/aromatic N) is 4. The van der Waals surface area contributed by atoms with E-state index in [1.165, 1.54) is 11.1 Å². The Bertz CT molecular complexity index is 1020. The van der Waals surface area contributed by atoms with E-state index in [-0.39, 0.29) is 5.69 Å². The highest BCUT2D eigenvalue weighted by Gasteiger charge is 2.25. The molecule has 0 amide bonds. The van der Waals surface area contributed by atoms with Crippen molar-refractivity contribution in [2.45, 2.75) is 26.2 Å². The number of carboxylic acid groups (broad SMARTS) is 1. The molecule has 0 unspecified atom stereocenters. The van der Waals surface area contributed by atoms with E-state index in [0.29, 0.717) is 30.4 Å². The second kappa shape index (κ2) is 7.61. The van der Waals surface area contributed by atoms with Crippen molar-refractivity contribution in [2.24, 2.45) is 0 Å². The van der Waals surface area contributed by atoms with E-state index in [9.17, 15) is 9.90 Å². The van der Waals surface area contributed by atoms with Crippen molar-refractivity contribution in [1.29, 1.82) is 0 Å². The summed E-state index contributed by atoms with van der Waals surface area (Å²) in [6, 6.07) is 13.4. The average Bonchev–Trinajstić information content (AvgIpc) is 3.26. The fourth-order valence-electron chi connectivity index (χ4n) is 3.44. The summed E-state index contributed by atoms with van der Waals surface area (Å²) >= 11 is 6.09. The largest absolute Gasteiger partial charge is 0.497 e. The molecule has 1 aliphatic heterocycles. The molecule has 0 spiro atoms. The zero-order chi connectivity index (χ0) is 19.7. The molecule has 2 aromatic carbocycles. The molecule has 8 heteroatoms. The molecule has 3 aromatic rings. The molecule has 144 valence electrons. The summed E-state index contributed by atoms with van der Waals surface area (Å²) in [4.78, 5) is 13.8. The van der Waals surface area contributed by atoms with E-state index < -0.39 is 5.97 Å². The Morgan fingerprint density at radius 1 is 1.14 bits per heavy atom. The minimum Gasteiger partial charge on any atom is -0.497 e. The molecule has 0 fully saturated rings. The minimum atomic E-state index is -1.07. The molecule has 0 saturated carbocycles. The molecular formula is C20H19ClN4O3. The van der Waals surface area contributed by atoms with Crippen molar-refractivity contribution in [1.82, 2.24) is 19.9 Å². The van der Waals surface area contributed by atoms with Crippen molar-refractivity contribution >= 4 is 17.6 Å². The molecule has 0 radical (unpaired) electrons. The van der Waals surface area contributed by atoms with Gasteiger partial charge in [-0.2, -0.15) is 0 Å². The Kier molecular flexibility index (Phi) is 5.02. The topological polar surface area (TPSA) is 80.5 Å². The maximum atomic E-state index is 11.6. The second-order valence-electron chi connectivity index (χ2n) is 6.75. The first-order valence-corrected chi connectivity index (χ1v) is 9.19. The lowest BCUT2D eigenvalue weighted by atomic mass is 10.1. The van der Waals surface area contributed by atoms with Crippen molar-refractivity contribution in [2.75, 3.05) is 7.11 Å². The number of hydrogen-bond donors (Lipinski definition) is 1. The normalized spacial score (nSPS) is 13.5. The molecule has 1 aliphatic rings. The Labute approximate surface area is 167 Å². The minimum absolute atomic E-state index is 0.0116. The highest BCUT2D eigenvalue weighted by Crippen LogP contribution is 2.27. The molecule has 7 nitrogen and oxygen atoms in total. The lowest BCUT2D eigenvalue weighted by Crippen LogP contribution is -2.21. The molecule has 28 heavy (non-hydrogen) atoms. The molecule has 2 heterocycles. The van der Waals surface area contributed by atoms with Gasteiger partial charge in [0.25, 0.3) is 0 Å². The van der Waals surface area contributed by atoms with Crippen molar-refractivity contribution in [3.8, 4) is 5.75 Å². The van der Waals surface area contributed by atoms with Crippen LogP contribution in [0.2, 0.25) is 5.02 Å². The Hall–Kier alpha value is -2.90. The van der Waals surface area contributed by atoms with E-state index in [1.807, 2.05) is 42.5 Å². The molecule has 4 rings (SSSR count). The van der Waals surface area contributed by atoms with Crippen LogP contribution in [0.5, 0.6) is 5.75 Å². The van der Waals surface area contributed by atoms with Crippen LogP contribution >= 0.6 is 11.6 Å². The van der Waals surface area contributed by atoms with E-state index in [2.05, 4.69) is 15.2 Å². The molecule has 0 saturated heterocycles. The summed E-state index contributed by atoms with van der Waals surface area (Å²) < 4.78 is 6.83. The fourth-order valence-corrected chi connectivity index (χ4v) is 3.64. The monoisotopic (exact) mass is 398 g/mol. The van der Waals surface area contributed by atoms with Gasteiger partial charge in [0.1, 0.15) is 5.75 Å². The molecule has 1 N–H and O–H groups in total. The van der Waals surface area contributed by atoms with Crippen LogP contribution < -0.4 is 4.74 Å². The van der Waals surface area contributed by atoms with Crippen LogP contribution in [0.1, 0.15) is 32.9 Å². The zero-order valence-corrected chi connectivity index (χ0v) is 16.1. The predicted octanol–water partition coefficient (Wildman–Crippen LogP) is 3.20. The van der Waals surface area contributed by atoms with E-state index in [1.54, 1.807) is 11.8 Å². The van der Waals surface area contributed by atoms with Crippen LogP contribution in [0.25, 0.3) is 0 Å². The number of aromatic nitrogens is 3. The molecule has 1 aromatic heterocycles. The SMILES string of the molecule is COc1ccc(Cn2nnc(C(=O)O)c2CN2Cc3ccc(Cl)cc3C2)cc1. The summed E-state index contributed by atoms with van der Waals surface area (Å²) in [6.07, 6.45) is 0. The van der Waals surface area contributed by atoms with Gasteiger partial charge in [0, 0.05) is 24.7 Å². The first-order valence-electron chi connectivity index (χ1n) is 8.81. The number of methoxy groups -OCH3 is 1. The molecule has 0 bridgehead atoms. The van der Waals surface area contributed by atoms with Gasteiger partial charge in [0.2, 0.25) is 0 Å². The van der Waals surface area contributed by atoms with Gasteiger partial charge in [-0.15, -0.1) is 5.10 Å². The number of carbonyl (C=O) groups is 1. The first-order chi connectivity index (χ1) is 13.5. The molecule has 0 aliphatic carbocycles.